The Morgan fingerprint density at radius 2 is 1.83 bits per heavy atom. The predicted molar refractivity (Wildman–Crippen MR) is 82.5 cm³/mol. The number of carbonyl (C=O) groups excluding carboxylic acids is 2. The summed E-state index contributed by atoms with van der Waals surface area (Å²) in [5.41, 5.74) is -0.474. The summed E-state index contributed by atoms with van der Waals surface area (Å²) in [6.07, 6.45) is -4.68. The van der Waals surface area contributed by atoms with E-state index >= 15 is 0 Å². The van der Waals surface area contributed by atoms with Crippen LogP contribution in [0.2, 0.25) is 0 Å². The van der Waals surface area contributed by atoms with Gasteiger partial charge in [0.1, 0.15) is 0 Å². The highest BCUT2D eigenvalue weighted by Crippen LogP contribution is 2.31. The van der Waals surface area contributed by atoms with E-state index in [2.05, 4.69) is 15.4 Å². The van der Waals surface area contributed by atoms with Crippen molar-refractivity contribution in [2.75, 3.05) is 19.7 Å². The second-order valence-corrected chi connectivity index (χ2v) is 5.02. The summed E-state index contributed by atoms with van der Waals surface area (Å²) >= 11 is 0. The number of alkyl halides is 3. The molecule has 8 heteroatoms. The van der Waals surface area contributed by atoms with Gasteiger partial charge in [0.25, 0.3) is 0 Å². The molecule has 0 aliphatic carbocycles. The van der Waals surface area contributed by atoms with Crippen LogP contribution in [0.5, 0.6) is 0 Å². The van der Waals surface area contributed by atoms with E-state index in [-0.39, 0.29) is 25.6 Å². The van der Waals surface area contributed by atoms with Gasteiger partial charge in [0.2, 0.25) is 5.91 Å². The lowest BCUT2D eigenvalue weighted by Gasteiger charge is -2.17. The van der Waals surface area contributed by atoms with Crippen molar-refractivity contribution in [2.24, 2.45) is 0 Å². The predicted octanol–water partition coefficient (Wildman–Crippen LogP) is 3.06. The van der Waals surface area contributed by atoms with E-state index < -0.39 is 23.8 Å². The fraction of sp³-hybridized carbons (Fsp3) is 0.500. The molecular formula is C16H21F3N2O3. The van der Waals surface area contributed by atoms with Crippen molar-refractivity contribution < 1.29 is 27.5 Å². The first-order chi connectivity index (χ1) is 11.3. The maximum Gasteiger partial charge on any atom is 0.416 e. The number of carbonyl (C=O) groups is 2. The van der Waals surface area contributed by atoms with Gasteiger partial charge in [-0.25, -0.2) is 4.79 Å². The summed E-state index contributed by atoms with van der Waals surface area (Å²) in [4.78, 5) is 23.2. The summed E-state index contributed by atoms with van der Waals surface area (Å²) in [6.45, 7) is 3.96. The molecule has 0 saturated carbocycles. The van der Waals surface area contributed by atoms with E-state index in [9.17, 15) is 22.8 Å². The topological polar surface area (TPSA) is 67.4 Å². The van der Waals surface area contributed by atoms with Crippen LogP contribution in [0, 0.1) is 0 Å². The molecular weight excluding hydrogens is 325 g/mol. The summed E-state index contributed by atoms with van der Waals surface area (Å²) in [5.74, 6) is -1.07. The van der Waals surface area contributed by atoms with Gasteiger partial charge in [-0.1, -0.05) is 25.1 Å². The molecule has 0 radical (unpaired) electrons. The number of amides is 2. The van der Waals surface area contributed by atoms with Gasteiger partial charge in [0, 0.05) is 13.1 Å². The van der Waals surface area contributed by atoms with Gasteiger partial charge in [-0.15, -0.1) is 0 Å². The standard InChI is InChI=1S/C16H21F3N2O3/c1-3-13(11-6-5-7-12(10-11)16(17,18)19)14(22)20-8-9-21-15(23)24-4-2/h5-7,10,13H,3-4,8-9H2,1-2H3,(H,20,22)(H,21,23)/t13-/m1/s1. The molecule has 1 aromatic carbocycles. The minimum absolute atomic E-state index is 0.160. The third-order valence-corrected chi connectivity index (χ3v) is 3.31. The first kappa shape index (κ1) is 19.8. The van der Waals surface area contributed by atoms with Gasteiger partial charge in [-0.2, -0.15) is 13.2 Å². The number of hydrogen-bond acceptors (Lipinski definition) is 3. The van der Waals surface area contributed by atoms with Crippen LogP contribution >= 0.6 is 0 Å². The lowest BCUT2D eigenvalue weighted by atomic mass is 9.94. The average Bonchev–Trinajstić information content (AvgIpc) is 2.52. The van der Waals surface area contributed by atoms with Crippen LogP contribution in [0.1, 0.15) is 37.3 Å². The molecule has 0 fully saturated rings. The number of benzene rings is 1. The molecule has 0 aromatic heterocycles. The molecule has 0 spiro atoms. The molecule has 1 atom stereocenters. The molecule has 0 aliphatic rings. The van der Waals surface area contributed by atoms with E-state index in [1.165, 1.54) is 12.1 Å². The van der Waals surface area contributed by atoms with Crippen molar-refractivity contribution in [1.82, 2.24) is 10.6 Å². The highest BCUT2D eigenvalue weighted by atomic mass is 19.4. The van der Waals surface area contributed by atoms with Crippen LogP contribution in [-0.2, 0) is 15.7 Å². The molecule has 0 heterocycles. The monoisotopic (exact) mass is 346 g/mol. The molecule has 5 nitrogen and oxygen atoms in total. The van der Waals surface area contributed by atoms with Crippen LogP contribution in [-0.4, -0.2) is 31.7 Å². The second-order valence-electron chi connectivity index (χ2n) is 5.02. The summed E-state index contributed by atoms with van der Waals surface area (Å²) in [5, 5.41) is 5.04. The normalized spacial score (nSPS) is 12.4. The van der Waals surface area contributed by atoms with Crippen LogP contribution < -0.4 is 10.6 Å². The van der Waals surface area contributed by atoms with Crippen molar-refractivity contribution >= 4 is 12.0 Å². The molecule has 134 valence electrons. The molecule has 0 bridgehead atoms. The quantitative estimate of drug-likeness (QED) is 0.746. The molecule has 1 aromatic rings. The van der Waals surface area contributed by atoms with Crippen molar-refractivity contribution in [3.8, 4) is 0 Å². The SMILES string of the molecule is CCOC(=O)NCCNC(=O)[C@H](CC)c1cccc(C(F)(F)F)c1. The molecule has 1 rings (SSSR count). The Balaban J connectivity index is 2.63. The third-order valence-electron chi connectivity index (χ3n) is 3.31. The van der Waals surface area contributed by atoms with Gasteiger partial charge in [0.15, 0.2) is 0 Å². The van der Waals surface area contributed by atoms with Gasteiger partial charge in [-0.05, 0) is 25.0 Å². The summed E-state index contributed by atoms with van der Waals surface area (Å²) in [6, 6.07) is 4.75. The fourth-order valence-corrected chi connectivity index (χ4v) is 2.16. The number of ether oxygens (including phenoxy) is 1. The number of hydrogen-bond donors (Lipinski definition) is 2. The van der Waals surface area contributed by atoms with Crippen LogP contribution in [0.25, 0.3) is 0 Å². The first-order valence-corrected chi connectivity index (χ1v) is 7.65. The Kier molecular flexibility index (Phi) is 7.54. The van der Waals surface area contributed by atoms with Gasteiger partial charge < -0.3 is 15.4 Å². The van der Waals surface area contributed by atoms with Gasteiger partial charge in [-0.3, -0.25) is 4.79 Å². The van der Waals surface area contributed by atoms with Crippen molar-refractivity contribution in [2.45, 2.75) is 32.4 Å². The van der Waals surface area contributed by atoms with Gasteiger partial charge >= 0.3 is 12.3 Å². The summed E-state index contributed by atoms with van der Waals surface area (Å²) < 4.78 is 43.0. The lowest BCUT2D eigenvalue weighted by molar-refractivity contribution is -0.137. The number of halogens is 3. The fourth-order valence-electron chi connectivity index (χ4n) is 2.16. The highest BCUT2D eigenvalue weighted by Gasteiger charge is 2.31. The van der Waals surface area contributed by atoms with Gasteiger partial charge in [0.05, 0.1) is 18.1 Å². The summed E-state index contributed by atoms with van der Waals surface area (Å²) in [7, 11) is 0. The van der Waals surface area contributed by atoms with Crippen LogP contribution in [0.15, 0.2) is 24.3 Å². The maximum atomic E-state index is 12.8. The second kappa shape index (κ2) is 9.14. The van der Waals surface area contributed by atoms with E-state index in [1.807, 2.05) is 0 Å². The Morgan fingerprint density at radius 1 is 1.17 bits per heavy atom. The molecule has 0 aliphatic heterocycles. The first-order valence-electron chi connectivity index (χ1n) is 7.65. The number of rotatable bonds is 7. The maximum absolute atomic E-state index is 12.8. The van der Waals surface area contributed by atoms with E-state index in [0.717, 1.165) is 12.1 Å². The Morgan fingerprint density at radius 3 is 2.42 bits per heavy atom. The van der Waals surface area contributed by atoms with Crippen molar-refractivity contribution in [3.63, 3.8) is 0 Å². The minimum Gasteiger partial charge on any atom is -0.450 e. The molecule has 0 saturated heterocycles. The van der Waals surface area contributed by atoms with E-state index in [1.54, 1.807) is 13.8 Å². The Bertz CT molecular complexity index is 562. The molecule has 2 amide bonds. The smallest absolute Gasteiger partial charge is 0.416 e. The highest BCUT2D eigenvalue weighted by molar-refractivity contribution is 5.83. The zero-order valence-corrected chi connectivity index (χ0v) is 13.6. The van der Waals surface area contributed by atoms with Crippen LogP contribution in [0.3, 0.4) is 0 Å². The Labute approximate surface area is 138 Å². The number of nitrogens with one attached hydrogen (secondary N) is 2. The average molecular weight is 346 g/mol. The molecule has 0 unspecified atom stereocenters. The van der Waals surface area contributed by atoms with Crippen molar-refractivity contribution in [3.05, 3.63) is 35.4 Å². The third kappa shape index (κ3) is 6.10. The van der Waals surface area contributed by atoms with Crippen LogP contribution in [0.4, 0.5) is 18.0 Å². The van der Waals surface area contributed by atoms with Crippen molar-refractivity contribution in [1.29, 1.82) is 0 Å². The lowest BCUT2D eigenvalue weighted by Crippen LogP contribution is -2.37. The molecule has 2 N–H and O–H groups in total. The zero-order valence-electron chi connectivity index (χ0n) is 13.6. The number of alkyl carbamates (subject to hydrolysis) is 1. The zero-order chi connectivity index (χ0) is 18.2. The molecule has 24 heavy (non-hydrogen) atoms. The minimum atomic E-state index is -4.45. The largest absolute Gasteiger partial charge is 0.450 e. The van der Waals surface area contributed by atoms with E-state index in [0.29, 0.717) is 12.0 Å². The Hall–Kier alpha value is -2.25. The van der Waals surface area contributed by atoms with E-state index in [4.69, 9.17) is 0 Å².